The van der Waals surface area contributed by atoms with Crippen molar-refractivity contribution < 1.29 is 14.2 Å². The van der Waals surface area contributed by atoms with Crippen LogP contribution in [-0.2, 0) is 5.75 Å². The Morgan fingerprint density at radius 2 is 1.81 bits per heavy atom. The standard InChI is InChI=1S/C25H32N2O3S.C3H6.C2H2/c1-6-11-17(2)22-23(19-12-9-7-8-10-13-19)27-25(26-22)31-16-18-14-20(28-3)24(30-5)21(15-18)29-4;1-3-2;1-2/h7-9,11-15,22-23H,6,10,16H2,1-5H3,(H,26,27);3H,1H2,2H3;1-2H/b17-11+;;/t22-,23+;;/m0../s1. The van der Waals surface area contributed by atoms with Crippen molar-refractivity contribution in [2.75, 3.05) is 21.3 Å². The summed E-state index contributed by atoms with van der Waals surface area (Å²) in [6, 6.07) is 4.24. The van der Waals surface area contributed by atoms with Crippen LogP contribution in [0.5, 0.6) is 17.2 Å². The fraction of sp³-hybridized carbons (Fsp3) is 0.367. The van der Waals surface area contributed by atoms with Crippen LogP contribution in [0.25, 0.3) is 0 Å². The molecule has 1 N–H and O–H groups in total. The minimum absolute atomic E-state index is 0.108. The van der Waals surface area contributed by atoms with Crippen molar-refractivity contribution in [3.8, 4) is 30.1 Å². The smallest absolute Gasteiger partial charge is 0.203 e. The van der Waals surface area contributed by atoms with Crippen molar-refractivity contribution in [1.29, 1.82) is 0 Å². The highest BCUT2D eigenvalue weighted by Gasteiger charge is 2.32. The van der Waals surface area contributed by atoms with E-state index in [0.29, 0.717) is 17.2 Å². The number of hydrogen-bond acceptors (Lipinski definition) is 6. The van der Waals surface area contributed by atoms with Gasteiger partial charge in [-0.3, -0.25) is 4.99 Å². The highest BCUT2D eigenvalue weighted by atomic mass is 32.2. The first-order valence-electron chi connectivity index (χ1n) is 11.9. The molecule has 5 nitrogen and oxygen atoms in total. The molecule has 1 aliphatic carbocycles. The number of methoxy groups -OCH3 is 3. The number of nitrogens with one attached hydrogen (secondary N) is 1. The zero-order chi connectivity index (χ0) is 26.9. The molecule has 36 heavy (non-hydrogen) atoms. The number of rotatable bonds is 8. The topological polar surface area (TPSA) is 52.1 Å². The minimum Gasteiger partial charge on any atom is -0.493 e. The SMILES string of the molecule is C#C.C=CC.CC/C=C(\C)[C@@H]1N=C(SCc2cc(OC)c(OC)c(OC)c2)N[C@@H]1C1=CCC=CC=C1. The van der Waals surface area contributed by atoms with Gasteiger partial charge in [0.05, 0.1) is 33.4 Å². The predicted octanol–water partition coefficient (Wildman–Crippen LogP) is 6.88. The Kier molecular flexibility index (Phi) is 14.7. The molecule has 194 valence electrons. The maximum atomic E-state index is 5.49. The Morgan fingerprint density at radius 3 is 2.36 bits per heavy atom. The van der Waals surface area contributed by atoms with Gasteiger partial charge in [0.15, 0.2) is 16.7 Å². The van der Waals surface area contributed by atoms with Crippen LogP contribution in [0.3, 0.4) is 0 Å². The van der Waals surface area contributed by atoms with Crippen LogP contribution >= 0.6 is 11.8 Å². The van der Waals surface area contributed by atoms with E-state index in [4.69, 9.17) is 19.2 Å². The highest BCUT2D eigenvalue weighted by Crippen LogP contribution is 2.39. The van der Waals surface area contributed by atoms with E-state index in [-0.39, 0.29) is 12.1 Å². The van der Waals surface area contributed by atoms with Crippen molar-refractivity contribution >= 4 is 16.9 Å². The second-order valence-corrected chi connectivity index (χ2v) is 8.78. The number of hydrogen-bond donors (Lipinski definition) is 1. The number of ether oxygens (including phenoxy) is 3. The first-order valence-corrected chi connectivity index (χ1v) is 12.9. The van der Waals surface area contributed by atoms with E-state index in [2.05, 4.69) is 75.0 Å². The molecule has 2 aliphatic rings. The molecule has 2 atom stereocenters. The van der Waals surface area contributed by atoms with Gasteiger partial charge in [-0.2, -0.15) is 0 Å². The summed E-state index contributed by atoms with van der Waals surface area (Å²) in [6.45, 7) is 9.60. The summed E-state index contributed by atoms with van der Waals surface area (Å²) >= 11 is 1.69. The number of terminal acetylenes is 1. The first kappa shape index (κ1) is 30.7. The second-order valence-electron chi connectivity index (χ2n) is 7.82. The molecule has 0 fully saturated rings. The number of amidine groups is 1. The van der Waals surface area contributed by atoms with Crippen molar-refractivity contribution in [1.82, 2.24) is 5.32 Å². The molecule has 0 saturated heterocycles. The van der Waals surface area contributed by atoms with Gasteiger partial charge in [0.2, 0.25) is 5.75 Å². The van der Waals surface area contributed by atoms with Crippen LogP contribution < -0.4 is 19.5 Å². The summed E-state index contributed by atoms with van der Waals surface area (Å²) in [6.07, 6.45) is 24.8. The fourth-order valence-corrected chi connectivity index (χ4v) is 4.67. The molecule has 0 spiro atoms. The molecule has 0 amide bonds. The lowest BCUT2D eigenvalue weighted by atomic mass is 9.94. The molecule has 1 aromatic carbocycles. The molecule has 6 heteroatoms. The number of benzene rings is 1. The fourth-order valence-electron chi connectivity index (χ4n) is 3.80. The van der Waals surface area contributed by atoms with Gasteiger partial charge in [0.1, 0.15) is 0 Å². The van der Waals surface area contributed by atoms with Crippen molar-refractivity contribution in [2.45, 2.75) is 51.4 Å². The molecule has 1 aromatic rings. The van der Waals surface area contributed by atoms with Gasteiger partial charge in [0.25, 0.3) is 0 Å². The molecule has 0 aromatic heterocycles. The number of nitrogens with zero attached hydrogens (tertiary/aromatic N) is 1. The van der Waals surface area contributed by atoms with Gasteiger partial charge < -0.3 is 19.5 Å². The van der Waals surface area contributed by atoms with Gasteiger partial charge >= 0.3 is 0 Å². The molecule has 0 bridgehead atoms. The maximum absolute atomic E-state index is 5.49. The Hall–Kier alpha value is -3.30. The summed E-state index contributed by atoms with van der Waals surface area (Å²) in [7, 11) is 4.89. The summed E-state index contributed by atoms with van der Waals surface area (Å²) in [4.78, 5) is 5.05. The van der Waals surface area contributed by atoms with Gasteiger partial charge in [0, 0.05) is 5.75 Å². The first-order chi connectivity index (χ1) is 17.5. The van der Waals surface area contributed by atoms with E-state index in [1.165, 1.54) is 11.1 Å². The lowest BCUT2D eigenvalue weighted by Gasteiger charge is -2.21. The molecule has 0 radical (unpaired) electrons. The summed E-state index contributed by atoms with van der Waals surface area (Å²) in [5.41, 5.74) is 3.67. The van der Waals surface area contributed by atoms with E-state index in [1.54, 1.807) is 39.2 Å². The van der Waals surface area contributed by atoms with E-state index >= 15 is 0 Å². The zero-order valence-electron chi connectivity index (χ0n) is 22.4. The predicted molar refractivity (Wildman–Crippen MR) is 156 cm³/mol. The highest BCUT2D eigenvalue weighted by molar-refractivity contribution is 8.13. The Morgan fingerprint density at radius 1 is 1.17 bits per heavy atom. The van der Waals surface area contributed by atoms with Crippen molar-refractivity contribution in [2.24, 2.45) is 4.99 Å². The summed E-state index contributed by atoms with van der Waals surface area (Å²) in [5, 5.41) is 4.62. The number of aliphatic imine (C=N–C) groups is 1. The Labute approximate surface area is 222 Å². The molecular weight excluding hydrogens is 468 g/mol. The van der Waals surface area contributed by atoms with Gasteiger partial charge in [-0.25, -0.2) is 0 Å². The van der Waals surface area contributed by atoms with Crippen LogP contribution in [-0.4, -0.2) is 38.6 Å². The number of thioether (sulfide) groups is 1. The average Bonchev–Trinajstić information content (AvgIpc) is 3.14. The molecule has 0 unspecified atom stereocenters. The summed E-state index contributed by atoms with van der Waals surface area (Å²) in [5.74, 6) is 2.68. The van der Waals surface area contributed by atoms with Gasteiger partial charge in [-0.1, -0.05) is 66.8 Å². The number of allylic oxidation sites excluding steroid dienone is 6. The van der Waals surface area contributed by atoms with Crippen LogP contribution in [0.15, 0.2) is 77.4 Å². The maximum Gasteiger partial charge on any atom is 0.203 e. The van der Waals surface area contributed by atoms with Crippen LogP contribution in [0.1, 0.15) is 39.2 Å². The third-order valence-corrected chi connectivity index (χ3v) is 6.30. The quantitative estimate of drug-likeness (QED) is 0.306. The van der Waals surface area contributed by atoms with Crippen molar-refractivity contribution in [3.63, 3.8) is 0 Å². The second kappa shape index (κ2) is 17.2. The van der Waals surface area contributed by atoms with Gasteiger partial charge in [-0.05, 0) is 50.0 Å². The minimum atomic E-state index is 0.108. The largest absolute Gasteiger partial charge is 0.493 e. The Balaban J connectivity index is 0.00000120. The third-order valence-electron chi connectivity index (χ3n) is 5.33. The zero-order valence-corrected chi connectivity index (χ0v) is 23.2. The molecular formula is C30H40N2O3S. The molecule has 3 rings (SSSR count). The lowest BCUT2D eigenvalue weighted by molar-refractivity contribution is 0.324. The van der Waals surface area contributed by atoms with Crippen molar-refractivity contribution in [3.05, 3.63) is 78.0 Å². The molecule has 1 aliphatic heterocycles. The molecule has 1 heterocycles. The average molecular weight is 509 g/mol. The van der Waals surface area contributed by atoms with E-state index < -0.39 is 0 Å². The normalized spacial score (nSPS) is 18.2. The third kappa shape index (κ3) is 8.73. The lowest BCUT2D eigenvalue weighted by Crippen LogP contribution is -2.36. The van der Waals surface area contributed by atoms with Crippen LogP contribution in [0.4, 0.5) is 0 Å². The van der Waals surface area contributed by atoms with Crippen LogP contribution in [0.2, 0.25) is 0 Å². The van der Waals surface area contributed by atoms with E-state index in [9.17, 15) is 0 Å². The van der Waals surface area contributed by atoms with Gasteiger partial charge in [-0.15, -0.1) is 19.4 Å². The monoisotopic (exact) mass is 508 g/mol. The van der Waals surface area contributed by atoms with Crippen LogP contribution in [0, 0.1) is 12.8 Å². The van der Waals surface area contributed by atoms with E-state index in [0.717, 1.165) is 29.3 Å². The Bertz CT molecular complexity index is 993. The summed E-state index contributed by atoms with van der Waals surface area (Å²) < 4.78 is 16.4. The van der Waals surface area contributed by atoms with E-state index in [1.807, 2.05) is 19.1 Å². The molecule has 0 saturated carbocycles.